The minimum Gasteiger partial charge on any atom is -0.489 e. The van der Waals surface area contributed by atoms with Crippen LogP contribution in [0.25, 0.3) is 0 Å². The highest BCUT2D eigenvalue weighted by atomic mass is 35.5. The highest BCUT2D eigenvalue weighted by molar-refractivity contribution is 6.35. The van der Waals surface area contributed by atoms with E-state index in [1.165, 1.54) is 0 Å². The topological polar surface area (TPSA) is 21.3 Å². The van der Waals surface area contributed by atoms with E-state index in [0.717, 1.165) is 5.56 Å². The zero-order valence-corrected chi connectivity index (χ0v) is 11.4. The van der Waals surface area contributed by atoms with Gasteiger partial charge in [-0.15, -0.1) is 0 Å². The van der Waals surface area contributed by atoms with Crippen molar-refractivity contribution in [2.45, 2.75) is 26.4 Å². The molecule has 1 aromatic rings. The van der Waals surface area contributed by atoms with E-state index in [4.69, 9.17) is 27.9 Å². The SMILES string of the molecule is CC(C)NCc1cc(Cl)cc(Cl)c1OCCF. The minimum absolute atomic E-state index is 0.00394. The Hall–Kier alpha value is -0.510. The summed E-state index contributed by atoms with van der Waals surface area (Å²) < 4.78 is 17.4. The summed E-state index contributed by atoms with van der Waals surface area (Å²) in [5.41, 5.74) is 0.838. The largest absolute Gasteiger partial charge is 0.489 e. The molecule has 0 fully saturated rings. The Morgan fingerprint density at radius 3 is 2.65 bits per heavy atom. The zero-order chi connectivity index (χ0) is 12.8. The number of hydrogen-bond acceptors (Lipinski definition) is 2. The molecule has 96 valence electrons. The first kappa shape index (κ1) is 14.6. The molecule has 0 aliphatic carbocycles. The Bertz CT molecular complexity index is 372. The van der Waals surface area contributed by atoms with E-state index < -0.39 is 6.67 Å². The van der Waals surface area contributed by atoms with Gasteiger partial charge in [-0.2, -0.15) is 0 Å². The van der Waals surface area contributed by atoms with Gasteiger partial charge in [0.25, 0.3) is 0 Å². The smallest absolute Gasteiger partial charge is 0.142 e. The first-order chi connectivity index (χ1) is 8.04. The molecular weight excluding hydrogens is 264 g/mol. The molecule has 5 heteroatoms. The minimum atomic E-state index is -0.546. The van der Waals surface area contributed by atoms with Crippen LogP contribution in [0.15, 0.2) is 12.1 Å². The maximum Gasteiger partial charge on any atom is 0.142 e. The Kier molecular flexibility index (Phi) is 6.03. The molecule has 0 amide bonds. The van der Waals surface area contributed by atoms with Crippen molar-refractivity contribution in [1.29, 1.82) is 0 Å². The van der Waals surface area contributed by atoms with Gasteiger partial charge < -0.3 is 10.1 Å². The molecule has 2 nitrogen and oxygen atoms in total. The number of hydrogen-bond donors (Lipinski definition) is 1. The van der Waals surface area contributed by atoms with Gasteiger partial charge >= 0.3 is 0 Å². The maximum absolute atomic E-state index is 12.1. The summed E-state index contributed by atoms with van der Waals surface area (Å²) in [6, 6.07) is 3.70. The van der Waals surface area contributed by atoms with Crippen LogP contribution in [0.3, 0.4) is 0 Å². The maximum atomic E-state index is 12.1. The van der Waals surface area contributed by atoms with Crippen LogP contribution in [0, 0.1) is 0 Å². The van der Waals surface area contributed by atoms with Crippen LogP contribution in [0.1, 0.15) is 19.4 Å². The number of benzene rings is 1. The van der Waals surface area contributed by atoms with Crippen molar-refractivity contribution in [3.63, 3.8) is 0 Å². The molecule has 0 radical (unpaired) electrons. The lowest BCUT2D eigenvalue weighted by Gasteiger charge is -2.15. The van der Waals surface area contributed by atoms with Gasteiger partial charge in [0.1, 0.15) is 19.0 Å². The molecule has 1 rings (SSSR count). The fourth-order valence-corrected chi connectivity index (χ4v) is 1.95. The average molecular weight is 280 g/mol. The van der Waals surface area contributed by atoms with Crippen LogP contribution < -0.4 is 10.1 Å². The molecule has 17 heavy (non-hydrogen) atoms. The summed E-state index contributed by atoms with van der Waals surface area (Å²) in [5.74, 6) is 0.502. The van der Waals surface area contributed by atoms with Gasteiger partial charge in [0.05, 0.1) is 5.02 Å². The highest BCUT2D eigenvalue weighted by Gasteiger charge is 2.11. The van der Waals surface area contributed by atoms with Crippen LogP contribution in [-0.4, -0.2) is 19.3 Å². The molecule has 0 bridgehead atoms. The zero-order valence-electron chi connectivity index (χ0n) is 9.90. The summed E-state index contributed by atoms with van der Waals surface area (Å²) >= 11 is 12.0. The van der Waals surface area contributed by atoms with E-state index in [1.807, 2.05) is 13.8 Å². The molecule has 1 aromatic carbocycles. The van der Waals surface area contributed by atoms with Crippen molar-refractivity contribution in [2.75, 3.05) is 13.3 Å². The summed E-state index contributed by atoms with van der Waals surface area (Å²) in [5, 5.41) is 4.20. The lowest BCUT2D eigenvalue weighted by Crippen LogP contribution is -2.22. The Morgan fingerprint density at radius 2 is 2.06 bits per heavy atom. The lowest BCUT2D eigenvalue weighted by molar-refractivity contribution is 0.270. The Balaban J connectivity index is 2.89. The predicted octanol–water partition coefficient (Wildman–Crippen LogP) is 3.84. The molecule has 0 aromatic heterocycles. The second-order valence-electron chi connectivity index (χ2n) is 3.95. The Morgan fingerprint density at radius 1 is 1.35 bits per heavy atom. The molecule has 1 N–H and O–H groups in total. The third-order valence-corrected chi connectivity index (χ3v) is 2.61. The molecule has 0 aliphatic rings. The van der Waals surface area contributed by atoms with Crippen molar-refractivity contribution in [3.8, 4) is 5.75 Å². The van der Waals surface area contributed by atoms with Gasteiger partial charge in [-0.1, -0.05) is 37.0 Å². The standard InChI is InChI=1S/C12H16Cl2FNO/c1-8(2)16-7-9-5-10(13)6-11(14)12(9)17-4-3-15/h5-6,8,16H,3-4,7H2,1-2H3. The summed E-state index contributed by atoms with van der Waals surface area (Å²) in [6.45, 7) is 4.11. The third kappa shape index (κ3) is 4.70. The fraction of sp³-hybridized carbons (Fsp3) is 0.500. The molecule has 0 saturated heterocycles. The van der Waals surface area contributed by atoms with Gasteiger partial charge in [0.2, 0.25) is 0 Å². The van der Waals surface area contributed by atoms with Crippen LogP contribution in [0.4, 0.5) is 4.39 Å². The van der Waals surface area contributed by atoms with Gasteiger partial charge in [-0.25, -0.2) is 4.39 Å². The van der Waals surface area contributed by atoms with Crippen LogP contribution >= 0.6 is 23.2 Å². The van der Waals surface area contributed by atoms with Crippen LogP contribution in [0.2, 0.25) is 10.0 Å². The third-order valence-electron chi connectivity index (χ3n) is 2.11. The number of alkyl halides is 1. The summed E-state index contributed by atoms with van der Waals surface area (Å²) in [4.78, 5) is 0. The van der Waals surface area contributed by atoms with E-state index in [-0.39, 0.29) is 6.61 Å². The molecule has 0 spiro atoms. The molecular formula is C12H16Cl2FNO. The average Bonchev–Trinajstić information content (AvgIpc) is 2.24. The van der Waals surface area contributed by atoms with Gasteiger partial charge in [0.15, 0.2) is 0 Å². The molecule has 0 aliphatic heterocycles. The summed E-state index contributed by atoms with van der Waals surface area (Å²) in [7, 11) is 0. The first-order valence-corrected chi connectivity index (χ1v) is 6.20. The van der Waals surface area contributed by atoms with E-state index in [1.54, 1.807) is 12.1 Å². The molecule has 0 heterocycles. The fourth-order valence-electron chi connectivity index (χ4n) is 1.36. The van der Waals surface area contributed by atoms with Crippen molar-refractivity contribution in [1.82, 2.24) is 5.32 Å². The number of rotatable bonds is 6. The van der Waals surface area contributed by atoms with Crippen molar-refractivity contribution < 1.29 is 9.13 Å². The van der Waals surface area contributed by atoms with E-state index in [9.17, 15) is 4.39 Å². The van der Waals surface area contributed by atoms with Crippen molar-refractivity contribution in [3.05, 3.63) is 27.7 Å². The first-order valence-electron chi connectivity index (χ1n) is 5.44. The molecule has 0 unspecified atom stereocenters. The molecule has 0 saturated carbocycles. The second kappa shape index (κ2) is 7.04. The second-order valence-corrected chi connectivity index (χ2v) is 4.79. The van der Waals surface area contributed by atoms with Crippen molar-refractivity contribution in [2.24, 2.45) is 0 Å². The number of nitrogens with one attached hydrogen (secondary N) is 1. The van der Waals surface area contributed by atoms with Gasteiger partial charge in [0, 0.05) is 23.2 Å². The van der Waals surface area contributed by atoms with Crippen LogP contribution in [0.5, 0.6) is 5.75 Å². The quantitative estimate of drug-likeness (QED) is 0.854. The normalized spacial score (nSPS) is 10.9. The monoisotopic (exact) mass is 279 g/mol. The lowest BCUT2D eigenvalue weighted by atomic mass is 10.2. The highest BCUT2D eigenvalue weighted by Crippen LogP contribution is 2.32. The van der Waals surface area contributed by atoms with E-state index in [0.29, 0.717) is 28.4 Å². The summed E-state index contributed by atoms with van der Waals surface area (Å²) in [6.07, 6.45) is 0. The number of ether oxygens (including phenoxy) is 1. The predicted molar refractivity (Wildman–Crippen MR) is 69.9 cm³/mol. The van der Waals surface area contributed by atoms with E-state index >= 15 is 0 Å². The Labute approximate surface area is 111 Å². The van der Waals surface area contributed by atoms with Crippen molar-refractivity contribution >= 4 is 23.2 Å². The molecule has 0 atom stereocenters. The van der Waals surface area contributed by atoms with Gasteiger partial charge in [-0.3, -0.25) is 0 Å². The van der Waals surface area contributed by atoms with Gasteiger partial charge in [-0.05, 0) is 12.1 Å². The van der Waals surface area contributed by atoms with Crippen LogP contribution in [-0.2, 0) is 6.54 Å². The van der Waals surface area contributed by atoms with E-state index in [2.05, 4.69) is 5.32 Å². The number of halogens is 3.